The van der Waals surface area contributed by atoms with Gasteiger partial charge in [-0.1, -0.05) is 270 Å². The van der Waals surface area contributed by atoms with E-state index in [9.17, 15) is 130 Å². The fraction of sp³-hybridized carbons (Fsp3) is 0.243. The third-order valence-electron chi connectivity index (χ3n) is 17.5. The van der Waals surface area contributed by atoms with Crippen molar-refractivity contribution >= 4 is 81.9 Å². The number of nitrogens with one attached hydrogen (secondary N) is 4. The molecule has 0 saturated carbocycles. The topological polar surface area (TPSA) is 271 Å². The molecule has 4 N–H and O–H groups in total. The first kappa shape index (κ1) is 93.8. The van der Waals surface area contributed by atoms with E-state index in [0.717, 1.165) is 27.3 Å². The lowest BCUT2D eigenvalue weighted by Crippen LogP contribution is -2.47. The SMILES string of the molecule is C[C@@H](c1cccc2ccccc12)[C@@H](NS(=O)(=O)C(F)(F)F)c1cccc2ccccc12.C[C@@H](c1ccccc1)[C@@H](C)c1ccccc1.C[C@H](c1ccccc1)[C@H](NS(=O)(=O)C(F)(F)F)c1ccccc1.O=S(=O)(N[C@H](c1ccccc1OS(=O)(=O)C(F)(F)F)[C@H](NS(=O)(=O)C(F)(F)F)c1ccccc1OS(=O)(=O)C(F)(F)F)C(F)(F)F. The molecule has 0 bridgehead atoms. The van der Waals surface area contributed by atoms with Gasteiger partial charge in [0, 0.05) is 23.0 Å². The Morgan fingerprint density at radius 3 is 0.802 bits per heavy atom. The minimum atomic E-state index is -6.98. The highest BCUT2D eigenvalue weighted by Gasteiger charge is 2.55. The van der Waals surface area contributed by atoms with Gasteiger partial charge in [0.25, 0.3) is 0 Å². The molecule has 0 spiro atoms. The minimum Gasteiger partial charge on any atom is -0.376 e. The molecule has 0 saturated heterocycles. The van der Waals surface area contributed by atoms with Crippen LogP contribution in [0, 0.1) is 0 Å². The highest BCUT2D eigenvalue weighted by molar-refractivity contribution is 7.91. The van der Waals surface area contributed by atoms with Gasteiger partial charge in [0.2, 0.25) is 0 Å². The zero-order valence-corrected chi connectivity index (χ0v) is 64.7. The number of sulfonamides is 4. The van der Waals surface area contributed by atoms with Crippen LogP contribution in [0.5, 0.6) is 11.5 Å². The van der Waals surface area contributed by atoms with E-state index in [0.29, 0.717) is 62.1 Å². The van der Waals surface area contributed by atoms with Crippen molar-refractivity contribution in [3.05, 3.63) is 299 Å². The molecule has 116 heavy (non-hydrogen) atoms. The monoisotopic (exact) mass is 1770 g/mol. The van der Waals surface area contributed by atoms with E-state index in [-0.39, 0.29) is 24.3 Å². The van der Waals surface area contributed by atoms with Gasteiger partial charge >= 0.3 is 93.4 Å². The number of alkyl halides is 18. The van der Waals surface area contributed by atoms with Crippen molar-refractivity contribution in [3.63, 3.8) is 0 Å². The molecule has 0 radical (unpaired) electrons. The number of benzene rings is 10. The normalized spacial score (nSPS) is 15.1. The highest BCUT2D eigenvalue weighted by atomic mass is 32.2. The van der Waals surface area contributed by atoms with Crippen LogP contribution in [-0.4, -0.2) is 83.6 Å². The minimum absolute atomic E-state index is 0.166. The second-order valence-corrected chi connectivity index (χ2v) is 35.1. The summed E-state index contributed by atoms with van der Waals surface area (Å²) in [5.74, 6) is -3.56. The molecule has 0 aliphatic rings. The van der Waals surface area contributed by atoms with Crippen molar-refractivity contribution in [3.8, 4) is 11.5 Å². The van der Waals surface area contributed by atoms with E-state index in [2.05, 4.69) is 82.9 Å². The number of fused-ring (bicyclic) bond motifs is 2. The Labute approximate surface area is 654 Å². The van der Waals surface area contributed by atoms with Gasteiger partial charge in [0.05, 0.1) is 24.2 Å². The van der Waals surface area contributed by atoms with Gasteiger partial charge in [-0.15, -0.1) is 0 Å². The zero-order valence-electron chi connectivity index (χ0n) is 59.8. The molecule has 8 atom stereocenters. The van der Waals surface area contributed by atoms with Gasteiger partial charge in [-0.2, -0.15) is 115 Å². The number of rotatable bonds is 24. The van der Waals surface area contributed by atoms with Gasteiger partial charge in [-0.25, -0.2) is 33.7 Å². The van der Waals surface area contributed by atoms with Crippen LogP contribution in [0.25, 0.3) is 21.5 Å². The first-order valence-electron chi connectivity index (χ1n) is 33.2. The van der Waals surface area contributed by atoms with Crippen molar-refractivity contribution < 1.29 is 138 Å². The predicted octanol–water partition coefficient (Wildman–Crippen LogP) is 18.6. The third kappa shape index (κ3) is 23.5. The lowest BCUT2D eigenvalue weighted by Gasteiger charge is -2.31. The van der Waals surface area contributed by atoms with Crippen LogP contribution in [0.2, 0.25) is 0 Å². The van der Waals surface area contributed by atoms with Crippen LogP contribution in [0.3, 0.4) is 0 Å². The fourth-order valence-electron chi connectivity index (χ4n) is 11.5. The van der Waals surface area contributed by atoms with Crippen molar-refractivity contribution in [2.45, 2.75) is 109 Å². The molecule has 0 unspecified atom stereocenters. The Kier molecular flexibility index (Phi) is 29.9. The van der Waals surface area contributed by atoms with E-state index < -0.39 is 152 Å². The third-order valence-corrected chi connectivity index (χ3v) is 24.1. The Hall–Kier alpha value is -9.40. The van der Waals surface area contributed by atoms with Gasteiger partial charge in [0.15, 0.2) is 0 Å². The van der Waals surface area contributed by atoms with E-state index >= 15 is 0 Å². The Morgan fingerprint density at radius 1 is 0.233 bits per heavy atom. The van der Waals surface area contributed by atoms with Crippen LogP contribution >= 0.6 is 0 Å². The summed E-state index contributed by atoms with van der Waals surface area (Å²) in [6.07, 6.45) is 0. The average Bonchev–Trinajstić information content (AvgIpc) is 0.764. The van der Waals surface area contributed by atoms with Gasteiger partial charge in [0.1, 0.15) is 11.5 Å². The lowest BCUT2D eigenvalue weighted by atomic mass is 9.84. The first-order chi connectivity index (χ1) is 53.5. The maximum absolute atomic E-state index is 13.4. The molecule has 10 aromatic carbocycles. The molecule has 10 rings (SSSR count). The fourth-order valence-corrected chi connectivity index (χ4v) is 15.5. The van der Waals surface area contributed by atoms with Crippen molar-refractivity contribution in [2.75, 3.05) is 0 Å². The van der Waals surface area contributed by atoms with Crippen molar-refractivity contribution in [2.24, 2.45) is 0 Å². The standard InChI is InChI=1S/C24H20F3NO2S.C18H12F12N2O10S4.C16H16F3NO2S.C16H18/c1-16(19-14-6-10-17-8-2-4-12-20(17)19)23(28-31(29,30)24(25,26)27)22-15-7-11-18-9-3-5-13-21(18)22;19-15(20,21)43(33,34)31-13(9-5-1-3-7-11(9)41-45(37,38)17(25,26)27)14(32-44(35,36)16(22,23)24)10-6-2-4-8-12(10)42-46(39,40)18(28,29)30;1-12(13-8-4-2-5-9-13)15(14-10-6-3-7-11-14)20-23(21,22)16(17,18)19;1-13(15-9-5-3-6-10-15)14(2)16-11-7-4-8-12-16/h2-16,23,28H,1H3;1-8,13-14,31-32H;2-12,15,20H,1H3;3-14H,1-2H3/t16-,23+;13-,14-;12-,15+;13-,14-/m0111/s1. The summed E-state index contributed by atoms with van der Waals surface area (Å²) >= 11 is 0. The zero-order chi connectivity index (χ0) is 86.6. The van der Waals surface area contributed by atoms with Crippen molar-refractivity contribution in [1.82, 2.24) is 18.9 Å². The van der Waals surface area contributed by atoms with E-state index in [1.54, 1.807) is 103 Å². The quantitative estimate of drug-likeness (QED) is 0.0249. The average molecular weight is 1770 g/mol. The van der Waals surface area contributed by atoms with Gasteiger partial charge < -0.3 is 8.37 Å². The van der Waals surface area contributed by atoms with Crippen LogP contribution < -0.4 is 27.3 Å². The van der Waals surface area contributed by atoms with Crippen LogP contribution in [0.1, 0.15) is 120 Å². The second kappa shape index (κ2) is 37.0. The number of halogens is 18. The summed E-state index contributed by atoms with van der Waals surface area (Å²) in [5, 5.41) is 3.32. The molecule has 0 heterocycles. The first-order valence-corrected chi connectivity index (χ1v) is 42.0. The van der Waals surface area contributed by atoms with E-state index in [1.165, 1.54) is 11.1 Å². The largest absolute Gasteiger partial charge is 0.534 e. The number of hydrogen-bond donors (Lipinski definition) is 4. The van der Waals surface area contributed by atoms with E-state index in [4.69, 9.17) is 0 Å². The maximum Gasteiger partial charge on any atom is 0.534 e. The molecular weight excluding hydrogens is 1700 g/mol. The summed E-state index contributed by atoms with van der Waals surface area (Å²) in [4.78, 5) is 0. The number of hydrogen-bond acceptors (Lipinski definition) is 14. The van der Waals surface area contributed by atoms with Gasteiger partial charge in [-0.05, 0) is 78.9 Å². The summed E-state index contributed by atoms with van der Waals surface area (Å²) in [6.45, 7) is 8.03. The van der Waals surface area contributed by atoms with Crippen LogP contribution in [-0.2, 0) is 60.3 Å². The van der Waals surface area contributed by atoms with E-state index in [1.807, 2.05) is 65.4 Å². The Balaban J connectivity index is 0.000000229. The molecule has 42 heteroatoms. The molecule has 628 valence electrons. The maximum atomic E-state index is 13.4. The van der Waals surface area contributed by atoms with Crippen LogP contribution in [0.15, 0.2) is 255 Å². The predicted molar refractivity (Wildman–Crippen MR) is 395 cm³/mol. The lowest BCUT2D eigenvalue weighted by molar-refractivity contribution is -0.0505. The summed E-state index contributed by atoms with van der Waals surface area (Å²) in [5.41, 5.74) is -34.3. The molecule has 10 aromatic rings. The highest BCUT2D eigenvalue weighted by Crippen LogP contribution is 2.46. The van der Waals surface area contributed by atoms with Crippen LogP contribution in [0.4, 0.5) is 79.0 Å². The Morgan fingerprint density at radius 2 is 0.474 bits per heavy atom. The molecule has 0 amide bonds. The second-order valence-electron chi connectivity index (χ2n) is 25.2. The molecule has 0 aromatic heterocycles. The summed E-state index contributed by atoms with van der Waals surface area (Å²) in [7, 11) is -38.6. The molecule has 18 nitrogen and oxygen atoms in total. The number of para-hydroxylation sites is 2. The molecular formula is C74H66F18N4O14S6. The van der Waals surface area contributed by atoms with Crippen molar-refractivity contribution in [1.29, 1.82) is 0 Å². The summed E-state index contributed by atoms with van der Waals surface area (Å²) in [6, 6.07) is 58.1. The Bertz CT molecular complexity index is 5520. The molecule has 0 aliphatic heterocycles. The smallest absolute Gasteiger partial charge is 0.376 e. The molecule has 0 fully saturated rings. The summed E-state index contributed by atoms with van der Waals surface area (Å²) < 4.78 is 391. The van der Waals surface area contributed by atoms with Gasteiger partial charge in [-0.3, -0.25) is 0 Å². The molecule has 0 aliphatic carbocycles.